The maximum atomic E-state index is 4.98. The van der Waals surface area contributed by atoms with Crippen LogP contribution in [-0.4, -0.2) is 11.5 Å². The van der Waals surface area contributed by atoms with Gasteiger partial charge in [0, 0.05) is 17.3 Å². The van der Waals surface area contributed by atoms with E-state index in [-0.39, 0.29) is 0 Å². The molecule has 1 aliphatic carbocycles. The summed E-state index contributed by atoms with van der Waals surface area (Å²) in [7, 11) is 0. The molecule has 0 saturated heterocycles. The number of hydrogen-bond acceptors (Lipinski definition) is 3. The zero-order valence-corrected chi connectivity index (χ0v) is 13.5. The summed E-state index contributed by atoms with van der Waals surface area (Å²) in [6.07, 6.45) is 7.82. The van der Waals surface area contributed by atoms with Gasteiger partial charge in [-0.15, -0.1) is 11.3 Å². The van der Waals surface area contributed by atoms with Gasteiger partial charge in [0.2, 0.25) is 0 Å². The van der Waals surface area contributed by atoms with Crippen molar-refractivity contribution in [2.75, 3.05) is 6.54 Å². The van der Waals surface area contributed by atoms with Crippen molar-refractivity contribution in [1.29, 1.82) is 0 Å². The zero-order valence-electron chi connectivity index (χ0n) is 12.7. The van der Waals surface area contributed by atoms with E-state index >= 15 is 0 Å². The van der Waals surface area contributed by atoms with Gasteiger partial charge in [0.25, 0.3) is 0 Å². The summed E-state index contributed by atoms with van der Waals surface area (Å²) in [5.41, 5.74) is 1.36. The highest BCUT2D eigenvalue weighted by Crippen LogP contribution is 2.41. The lowest BCUT2D eigenvalue weighted by molar-refractivity contribution is 0.520. The first-order valence-electron chi connectivity index (χ1n) is 7.97. The Hall–Kier alpha value is -0.410. The Morgan fingerprint density at radius 2 is 2.11 bits per heavy atom. The summed E-state index contributed by atoms with van der Waals surface area (Å²) in [6, 6.07) is 0. The van der Waals surface area contributed by atoms with Gasteiger partial charge >= 0.3 is 0 Å². The first-order valence-corrected chi connectivity index (χ1v) is 8.79. The summed E-state index contributed by atoms with van der Waals surface area (Å²) >= 11 is 1.98. The van der Waals surface area contributed by atoms with E-state index in [4.69, 9.17) is 4.98 Å². The Morgan fingerprint density at radius 1 is 1.26 bits per heavy atom. The van der Waals surface area contributed by atoms with Crippen LogP contribution in [0.25, 0.3) is 0 Å². The Kier molecular flexibility index (Phi) is 5.83. The summed E-state index contributed by atoms with van der Waals surface area (Å²) in [6.45, 7) is 8.80. The summed E-state index contributed by atoms with van der Waals surface area (Å²) < 4.78 is 0. The molecule has 1 fully saturated rings. The fourth-order valence-corrected chi connectivity index (χ4v) is 4.29. The van der Waals surface area contributed by atoms with E-state index in [9.17, 15) is 0 Å². The highest BCUT2D eigenvalue weighted by molar-refractivity contribution is 7.11. The molecule has 0 spiro atoms. The Bertz CT molecular complexity index is 386. The van der Waals surface area contributed by atoms with Crippen LogP contribution >= 0.6 is 11.3 Å². The summed E-state index contributed by atoms with van der Waals surface area (Å²) in [5.74, 6) is 1.70. The molecule has 2 unspecified atom stereocenters. The maximum Gasteiger partial charge on any atom is 0.0962 e. The second-order valence-corrected chi connectivity index (χ2v) is 6.85. The fourth-order valence-electron chi connectivity index (χ4n) is 3.06. The van der Waals surface area contributed by atoms with Crippen molar-refractivity contribution in [2.24, 2.45) is 5.92 Å². The monoisotopic (exact) mass is 280 g/mol. The molecule has 0 amide bonds. The van der Waals surface area contributed by atoms with E-state index in [2.05, 4.69) is 26.1 Å². The van der Waals surface area contributed by atoms with Gasteiger partial charge in [-0.2, -0.15) is 0 Å². The van der Waals surface area contributed by atoms with Gasteiger partial charge in [0.05, 0.1) is 10.7 Å². The van der Waals surface area contributed by atoms with E-state index in [1.54, 1.807) is 0 Å². The Balaban J connectivity index is 2.08. The van der Waals surface area contributed by atoms with Crippen molar-refractivity contribution in [2.45, 2.75) is 71.8 Å². The number of nitrogens with zero attached hydrogens (tertiary/aromatic N) is 1. The predicted octanol–water partition coefficient (Wildman–Crippen LogP) is 4.50. The van der Waals surface area contributed by atoms with Gasteiger partial charge < -0.3 is 5.32 Å². The third-order valence-corrected chi connectivity index (χ3v) is 5.55. The van der Waals surface area contributed by atoms with E-state index in [1.807, 2.05) is 11.3 Å². The van der Waals surface area contributed by atoms with Crippen molar-refractivity contribution in [3.63, 3.8) is 0 Å². The lowest BCUT2D eigenvalue weighted by Gasteiger charge is -2.06. The Morgan fingerprint density at radius 3 is 2.74 bits per heavy atom. The molecule has 1 aromatic heterocycles. The molecule has 1 heterocycles. The third kappa shape index (κ3) is 3.79. The molecule has 1 aromatic rings. The van der Waals surface area contributed by atoms with Crippen LogP contribution in [0, 0.1) is 5.92 Å². The normalized spacial score (nSPS) is 23.1. The van der Waals surface area contributed by atoms with Crippen LogP contribution in [0.2, 0.25) is 0 Å². The molecule has 1 N–H and O–H groups in total. The molecule has 2 atom stereocenters. The van der Waals surface area contributed by atoms with Crippen LogP contribution in [-0.2, 0) is 13.0 Å². The average molecular weight is 280 g/mol. The molecule has 0 aromatic carbocycles. The van der Waals surface area contributed by atoms with Crippen LogP contribution in [0.4, 0.5) is 0 Å². The van der Waals surface area contributed by atoms with E-state index in [0.29, 0.717) is 0 Å². The van der Waals surface area contributed by atoms with Crippen molar-refractivity contribution < 1.29 is 0 Å². The van der Waals surface area contributed by atoms with Crippen molar-refractivity contribution in [3.05, 3.63) is 15.6 Å². The molecule has 1 aliphatic rings. The predicted molar refractivity (Wildman–Crippen MR) is 83.9 cm³/mol. The Labute approximate surface area is 122 Å². The minimum Gasteiger partial charge on any atom is -0.312 e. The average Bonchev–Trinajstić information content (AvgIpc) is 3.03. The topological polar surface area (TPSA) is 24.9 Å². The van der Waals surface area contributed by atoms with Crippen LogP contribution in [0.1, 0.15) is 74.4 Å². The maximum absolute atomic E-state index is 4.98. The quantitative estimate of drug-likeness (QED) is 0.795. The van der Waals surface area contributed by atoms with Gasteiger partial charge in [-0.05, 0) is 38.1 Å². The van der Waals surface area contributed by atoms with Gasteiger partial charge in [0.15, 0.2) is 0 Å². The minimum atomic E-state index is 0.751. The highest BCUT2D eigenvalue weighted by atomic mass is 32.1. The molecule has 1 saturated carbocycles. The van der Waals surface area contributed by atoms with Gasteiger partial charge in [-0.25, -0.2) is 4.98 Å². The number of aryl methyl sites for hydroxylation is 1. The second kappa shape index (κ2) is 7.39. The zero-order chi connectivity index (χ0) is 13.7. The molecule has 108 valence electrons. The molecule has 2 nitrogen and oxygen atoms in total. The molecular weight excluding hydrogens is 252 g/mol. The van der Waals surface area contributed by atoms with E-state index in [1.165, 1.54) is 47.7 Å². The van der Waals surface area contributed by atoms with Crippen LogP contribution in [0.15, 0.2) is 0 Å². The summed E-state index contributed by atoms with van der Waals surface area (Å²) in [5, 5.41) is 4.88. The lowest BCUT2D eigenvalue weighted by Crippen LogP contribution is -2.11. The van der Waals surface area contributed by atoms with E-state index < -0.39 is 0 Å². The van der Waals surface area contributed by atoms with Gasteiger partial charge in [-0.3, -0.25) is 0 Å². The first kappa shape index (κ1) is 15.0. The van der Waals surface area contributed by atoms with Crippen molar-refractivity contribution >= 4 is 11.3 Å². The van der Waals surface area contributed by atoms with Crippen molar-refractivity contribution in [1.82, 2.24) is 10.3 Å². The smallest absolute Gasteiger partial charge is 0.0962 e. The molecule has 0 bridgehead atoms. The van der Waals surface area contributed by atoms with Crippen LogP contribution in [0.3, 0.4) is 0 Å². The minimum absolute atomic E-state index is 0.751. The molecule has 0 aliphatic heterocycles. The third-order valence-electron chi connectivity index (χ3n) is 4.28. The highest BCUT2D eigenvalue weighted by Gasteiger charge is 2.27. The number of hydrogen-bond donors (Lipinski definition) is 1. The largest absolute Gasteiger partial charge is 0.312 e. The number of thiazole rings is 1. The standard InChI is InChI=1S/C16H28N2S/c1-4-7-14-15(11-17-6-3)19-16(18-14)13-9-8-12(5-2)10-13/h12-13,17H,4-11H2,1-3H3. The molecule has 19 heavy (non-hydrogen) atoms. The number of nitrogens with one attached hydrogen (secondary N) is 1. The van der Waals surface area contributed by atoms with Gasteiger partial charge in [-0.1, -0.05) is 33.6 Å². The van der Waals surface area contributed by atoms with Gasteiger partial charge in [0.1, 0.15) is 0 Å². The van der Waals surface area contributed by atoms with Crippen LogP contribution < -0.4 is 5.32 Å². The number of rotatable bonds is 7. The lowest BCUT2D eigenvalue weighted by atomic mass is 10.0. The molecule has 3 heteroatoms. The second-order valence-electron chi connectivity index (χ2n) is 5.74. The summed E-state index contributed by atoms with van der Waals surface area (Å²) in [4.78, 5) is 6.47. The molecular formula is C16H28N2S. The first-order chi connectivity index (χ1) is 9.28. The van der Waals surface area contributed by atoms with Crippen LogP contribution in [0.5, 0.6) is 0 Å². The molecule has 2 rings (SSSR count). The number of aromatic nitrogens is 1. The molecule has 0 radical (unpaired) electrons. The van der Waals surface area contributed by atoms with Crippen molar-refractivity contribution in [3.8, 4) is 0 Å². The van der Waals surface area contributed by atoms with E-state index in [0.717, 1.165) is 31.3 Å². The fraction of sp³-hybridized carbons (Fsp3) is 0.812. The SMILES string of the molecule is CCCc1nc(C2CCC(CC)C2)sc1CNCC.